The molecule has 0 amide bonds. The molecule has 0 aromatic carbocycles. The molecule has 0 aliphatic carbocycles. The lowest BCUT2D eigenvalue weighted by Crippen LogP contribution is -2.43. The van der Waals surface area contributed by atoms with Crippen molar-refractivity contribution in [3.63, 3.8) is 0 Å². The third-order valence-electron chi connectivity index (χ3n) is 3.16. The molecule has 1 aliphatic heterocycles. The summed E-state index contributed by atoms with van der Waals surface area (Å²) in [6.45, 7) is 4.13. The van der Waals surface area contributed by atoms with Gasteiger partial charge in [-0.1, -0.05) is 5.21 Å². The molecule has 1 aliphatic rings. The summed E-state index contributed by atoms with van der Waals surface area (Å²) < 4.78 is 7.06. The highest BCUT2D eigenvalue weighted by atomic mass is 16.5. The van der Waals surface area contributed by atoms with Crippen LogP contribution in [0.25, 0.3) is 0 Å². The molecule has 2 aromatic rings. The van der Waals surface area contributed by atoms with E-state index in [-0.39, 0.29) is 11.8 Å². The van der Waals surface area contributed by atoms with Crippen LogP contribution in [0.3, 0.4) is 0 Å². The predicted molar refractivity (Wildman–Crippen MR) is 70.8 cm³/mol. The zero-order valence-corrected chi connectivity index (χ0v) is 11.1. The number of ether oxygens (including phenoxy) is 1. The second-order valence-electron chi connectivity index (χ2n) is 4.57. The minimum Gasteiger partial charge on any atom is -0.492 e. The third kappa shape index (κ3) is 2.39. The first-order valence-corrected chi connectivity index (χ1v) is 6.53. The van der Waals surface area contributed by atoms with Crippen molar-refractivity contribution >= 4 is 5.78 Å². The zero-order valence-electron chi connectivity index (χ0n) is 11.1. The van der Waals surface area contributed by atoms with Crippen LogP contribution in [0.4, 0.5) is 0 Å². The summed E-state index contributed by atoms with van der Waals surface area (Å²) in [5.74, 6) is 0.381. The van der Waals surface area contributed by atoms with E-state index < -0.39 is 0 Å². The van der Waals surface area contributed by atoms with Crippen LogP contribution in [0.2, 0.25) is 0 Å². The maximum Gasteiger partial charge on any atom is 0.216 e. The van der Waals surface area contributed by atoms with Crippen molar-refractivity contribution in [3.8, 4) is 5.75 Å². The lowest BCUT2D eigenvalue weighted by Gasteiger charge is -2.26. The van der Waals surface area contributed by atoms with Crippen LogP contribution in [-0.4, -0.2) is 45.5 Å². The van der Waals surface area contributed by atoms with E-state index in [0.717, 1.165) is 13.1 Å². The fourth-order valence-corrected chi connectivity index (χ4v) is 1.96. The highest BCUT2D eigenvalue weighted by molar-refractivity contribution is 6.07. The number of pyridine rings is 1. The molecule has 0 unspecified atom stereocenters. The number of aromatic nitrogens is 4. The van der Waals surface area contributed by atoms with Crippen molar-refractivity contribution in [1.29, 1.82) is 0 Å². The summed E-state index contributed by atoms with van der Waals surface area (Å²) in [5.41, 5.74) is 0.780. The van der Waals surface area contributed by atoms with E-state index in [0.29, 0.717) is 23.6 Å². The summed E-state index contributed by atoms with van der Waals surface area (Å²) in [5, 5.41) is 11.1. The monoisotopic (exact) mass is 273 g/mol. The Morgan fingerprint density at radius 1 is 1.50 bits per heavy atom. The lowest BCUT2D eigenvalue weighted by molar-refractivity contribution is 0.103. The SMILES string of the molecule is CCOc1cncc(C(=O)c2cn(C3CNC3)nn2)c1. The maximum absolute atomic E-state index is 12.3. The van der Waals surface area contributed by atoms with Crippen LogP contribution in [0.5, 0.6) is 5.75 Å². The Hall–Kier alpha value is -2.28. The number of nitrogens with one attached hydrogen (secondary N) is 1. The standard InChI is InChI=1S/C13H15N5O2/c1-2-20-11-3-9(4-14-7-11)13(19)12-8-18(17-16-12)10-5-15-6-10/h3-4,7-8,10,15H,2,5-6H2,1H3. The van der Waals surface area contributed by atoms with Gasteiger partial charge in [-0.25, -0.2) is 4.68 Å². The van der Waals surface area contributed by atoms with Crippen LogP contribution in [0.1, 0.15) is 29.0 Å². The van der Waals surface area contributed by atoms with Gasteiger partial charge in [0, 0.05) is 24.8 Å². The van der Waals surface area contributed by atoms with Gasteiger partial charge in [0.25, 0.3) is 0 Å². The molecule has 2 aromatic heterocycles. The van der Waals surface area contributed by atoms with Gasteiger partial charge in [0.1, 0.15) is 5.75 Å². The first kappa shape index (κ1) is 12.7. The molecule has 3 heterocycles. The molecule has 3 rings (SSSR count). The van der Waals surface area contributed by atoms with Gasteiger partial charge in [0.05, 0.1) is 25.0 Å². The summed E-state index contributed by atoms with van der Waals surface area (Å²) >= 11 is 0. The molecular weight excluding hydrogens is 258 g/mol. The Labute approximate surface area is 116 Å². The molecule has 7 heteroatoms. The number of carbonyl (C=O) groups is 1. The summed E-state index contributed by atoms with van der Waals surface area (Å²) in [6, 6.07) is 1.96. The smallest absolute Gasteiger partial charge is 0.216 e. The number of nitrogens with zero attached hydrogens (tertiary/aromatic N) is 4. The number of hydrogen-bond donors (Lipinski definition) is 1. The van der Waals surface area contributed by atoms with E-state index in [1.54, 1.807) is 23.1 Å². The summed E-state index contributed by atoms with van der Waals surface area (Å²) in [4.78, 5) is 16.3. The molecule has 1 fully saturated rings. The third-order valence-corrected chi connectivity index (χ3v) is 3.16. The molecule has 0 saturated carbocycles. The van der Waals surface area contributed by atoms with Crippen LogP contribution in [0.15, 0.2) is 24.7 Å². The summed E-state index contributed by atoms with van der Waals surface area (Å²) in [7, 11) is 0. The van der Waals surface area contributed by atoms with E-state index in [9.17, 15) is 4.79 Å². The number of carbonyl (C=O) groups excluding carboxylic acids is 1. The molecule has 1 N–H and O–H groups in total. The van der Waals surface area contributed by atoms with Crippen LogP contribution >= 0.6 is 0 Å². The number of hydrogen-bond acceptors (Lipinski definition) is 6. The van der Waals surface area contributed by atoms with Crippen LogP contribution in [-0.2, 0) is 0 Å². The average Bonchev–Trinajstić information content (AvgIpc) is 2.86. The second-order valence-corrected chi connectivity index (χ2v) is 4.57. The summed E-state index contributed by atoms with van der Waals surface area (Å²) in [6.07, 6.45) is 4.77. The van der Waals surface area contributed by atoms with E-state index in [1.807, 2.05) is 6.92 Å². The van der Waals surface area contributed by atoms with Gasteiger partial charge in [-0.15, -0.1) is 5.10 Å². The Morgan fingerprint density at radius 2 is 2.35 bits per heavy atom. The second kappa shape index (κ2) is 5.38. The molecule has 1 saturated heterocycles. The molecule has 104 valence electrons. The number of ketones is 1. The normalized spacial score (nSPS) is 14.8. The first-order chi connectivity index (χ1) is 9.78. The number of rotatable bonds is 5. The molecule has 7 nitrogen and oxygen atoms in total. The van der Waals surface area contributed by atoms with Crippen molar-refractivity contribution in [1.82, 2.24) is 25.3 Å². The van der Waals surface area contributed by atoms with Gasteiger partial charge in [0.15, 0.2) is 5.69 Å². The molecule has 0 atom stereocenters. The Bertz CT molecular complexity index is 621. The van der Waals surface area contributed by atoms with E-state index in [2.05, 4.69) is 20.6 Å². The molecule has 0 spiro atoms. The minimum absolute atomic E-state index is 0.197. The van der Waals surface area contributed by atoms with E-state index in [1.165, 1.54) is 6.20 Å². The van der Waals surface area contributed by atoms with Gasteiger partial charge in [-0.05, 0) is 13.0 Å². The Kier molecular flexibility index (Phi) is 3.42. The van der Waals surface area contributed by atoms with Crippen molar-refractivity contribution in [2.75, 3.05) is 19.7 Å². The van der Waals surface area contributed by atoms with Gasteiger partial charge in [-0.2, -0.15) is 0 Å². The van der Waals surface area contributed by atoms with Gasteiger partial charge in [-0.3, -0.25) is 9.78 Å². The largest absolute Gasteiger partial charge is 0.492 e. The molecule has 20 heavy (non-hydrogen) atoms. The Morgan fingerprint density at radius 3 is 3.05 bits per heavy atom. The van der Waals surface area contributed by atoms with Crippen molar-refractivity contribution in [2.45, 2.75) is 13.0 Å². The molecule has 0 radical (unpaired) electrons. The highest BCUT2D eigenvalue weighted by Gasteiger charge is 2.22. The van der Waals surface area contributed by atoms with Crippen LogP contribution < -0.4 is 10.1 Å². The van der Waals surface area contributed by atoms with Crippen LogP contribution in [0, 0.1) is 0 Å². The fourth-order valence-electron chi connectivity index (χ4n) is 1.96. The highest BCUT2D eigenvalue weighted by Crippen LogP contribution is 2.15. The van der Waals surface area contributed by atoms with E-state index in [4.69, 9.17) is 4.74 Å². The van der Waals surface area contributed by atoms with Gasteiger partial charge < -0.3 is 10.1 Å². The predicted octanol–water partition coefficient (Wildman–Crippen LogP) is 0.447. The maximum atomic E-state index is 12.3. The molecular formula is C13H15N5O2. The first-order valence-electron chi connectivity index (χ1n) is 6.53. The zero-order chi connectivity index (χ0) is 13.9. The minimum atomic E-state index is -0.197. The fraction of sp³-hybridized carbons (Fsp3) is 0.385. The van der Waals surface area contributed by atoms with Gasteiger partial charge in [0.2, 0.25) is 5.78 Å². The van der Waals surface area contributed by atoms with Gasteiger partial charge >= 0.3 is 0 Å². The average molecular weight is 273 g/mol. The van der Waals surface area contributed by atoms with Crippen molar-refractivity contribution < 1.29 is 9.53 Å². The Balaban J connectivity index is 1.80. The topological polar surface area (TPSA) is 81.9 Å². The van der Waals surface area contributed by atoms with E-state index >= 15 is 0 Å². The van der Waals surface area contributed by atoms with Crippen molar-refractivity contribution in [3.05, 3.63) is 35.9 Å². The lowest BCUT2D eigenvalue weighted by atomic mass is 10.1. The molecule has 0 bridgehead atoms. The van der Waals surface area contributed by atoms with Crippen molar-refractivity contribution in [2.24, 2.45) is 0 Å². The quantitative estimate of drug-likeness (QED) is 0.796.